The molecule has 1 rings (SSSR count). The Balaban J connectivity index is 2.54. The van der Waals surface area contributed by atoms with Crippen LogP contribution in [-0.4, -0.2) is 71.1 Å². The summed E-state index contributed by atoms with van der Waals surface area (Å²) in [5.41, 5.74) is 0. The summed E-state index contributed by atoms with van der Waals surface area (Å²) in [7, 11) is 0. The van der Waals surface area contributed by atoms with Gasteiger partial charge in [0.25, 0.3) is 0 Å². The molecule has 1 aliphatic rings. The van der Waals surface area contributed by atoms with Crippen LogP contribution in [-0.2, 0) is 19.0 Å². The van der Waals surface area contributed by atoms with Crippen molar-refractivity contribution in [2.75, 3.05) is 26.4 Å². The van der Waals surface area contributed by atoms with Crippen LogP contribution in [0.3, 0.4) is 0 Å². The fraction of sp³-hybridized carbons (Fsp3) is 0.583. The number of ether oxygens (including phenoxy) is 3. The summed E-state index contributed by atoms with van der Waals surface area (Å²) in [5.74, 6) is -2.17. The highest BCUT2D eigenvalue weighted by atomic mass is 16.6. The highest BCUT2D eigenvalue weighted by Gasteiger charge is 2.40. The third-order valence-electron chi connectivity index (χ3n) is 2.43. The van der Waals surface area contributed by atoms with Crippen LogP contribution in [0.2, 0.25) is 0 Å². The molecule has 0 aromatic rings. The summed E-state index contributed by atoms with van der Waals surface area (Å²) in [6.45, 7) is 2.72. The molecule has 3 atom stereocenters. The van der Waals surface area contributed by atoms with Crippen molar-refractivity contribution >= 4 is 5.97 Å². The van der Waals surface area contributed by atoms with Crippen molar-refractivity contribution in [1.29, 1.82) is 0 Å². The van der Waals surface area contributed by atoms with Gasteiger partial charge in [0.1, 0.15) is 18.8 Å². The topological polar surface area (TPSA) is 126 Å². The number of cyclic esters (lactones) is 1. The second-order valence-corrected chi connectivity index (χ2v) is 4.08. The number of aliphatic hydroxyl groups is 4. The molecule has 0 aromatic carbocycles. The van der Waals surface area contributed by atoms with E-state index in [1.54, 1.807) is 0 Å². The summed E-state index contributed by atoms with van der Waals surface area (Å²) in [5, 5.41) is 37.3. The second kappa shape index (κ2) is 7.85. The first kappa shape index (κ1) is 16.4. The molecule has 20 heavy (non-hydrogen) atoms. The van der Waals surface area contributed by atoms with Crippen LogP contribution in [0.4, 0.5) is 0 Å². The van der Waals surface area contributed by atoms with Crippen molar-refractivity contribution < 1.29 is 39.4 Å². The minimum atomic E-state index is -1.42. The summed E-state index contributed by atoms with van der Waals surface area (Å²) in [4.78, 5) is 11.2. The van der Waals surface area contributed by atoms with Gasteiger partial charge in [0.05, 0.1) is 19.8 Å². The maximum Gasteiger partial charge on any atom is 0.378 e. The van der Waals surface area contributed by atoms with E-state index < -0.39 is 36.6 Å². The van der Waals surface area contributed by atoms with Gasteiger partial charge in [-0.05, 0) is 0 Å². The van der Waals surface area contributed by atoms with Gasteiger partial charge in [-0.15, -0.1) is 6.58 Å². The average molecular weight is 290 g/mol. The van der Waals surface area contributed by atoms with E-state index in [4.69, 9.17) is 14.6 Å². The molecule has 8 nitrogen and oxygen atoms in total. The molecule has 1 aliphatic heterocycles. The molecule has 0 spiro atoms. The quantitative estimate of drug-likeness (QED) is 0.232. The van der Waals surface area contributed by atoms with Crippen LogP contribution in [0.5, 0.6) is 0 Å². The van der Waals surface area contributed by atoms with Gasteiger partial charge in [-0.25, -0.2) is 4.79 Å². The van der Waals surface area contributed by atoms with Crippen molar-refractivity contribution in [3.63, 3.8) is 0 Å². The predicted molar refractivity (Wildman–Crippen MR) is 65.6 cm³/mol. The van der Waals surface area contributed by atoms with E-state index in [9.17, 15) is 20.1 Å². The molecule has 1 heterocycles. The van der Waals surface area contributed by atoms with Gasteiger partial charge in [-0.1, -0.05) is 6.08 Å². The number of carbonyl (C=O) groups is 1. The molecule has 4 N–H and O–H groups in total. The summed E-state index contributed by atoms with van der Waals surface area (Å²) < 4.78 is 14.7. The fourth-order valence-electron chi connectivity index (χ4n) is 1.48. The number of rotatable bonds is 9. The van der Waals surface area contributed by atoms with E-state index >= 15 is 0 Å². The minimum absolute atomic E-state index is 0.0257. The van der Waals surface area contributed by atoms with Gasteiger partial charge in [-0.2, -0.15) is 0 Å². The van der Waals surface area contributed by atoms with Crippen LogP contribution in [0, 0.1) is 0 Å². The van der Waals surface area contributed by atoms with Crippen molar-refractivity contribution in [2.24, 2.45) is 0 Å². The Bertz CT molecular complexity index is 378. The molecular weight excluding hydrogens is 272 g/mol. The number of hydrogen-bond acceptors (Lipinski definition) is 8. The third kappa shape index (κ3) is 4.20. The maximum atomic E-state index is 11.2. The maximum absolute atomic E-state index is 11.2. The van der Waals surface area contributed by atoms with Gasteiger partial charge < -0.3 is 34.6 Å². The lowest BCUT2D eigenvalue weighted by molar-refractivity contribution is -0.148. The molecule has 1 unspecified atom stereocenters. The SMILES string of the molecule is C=CCOCC(O)COC1=C(O)C(=O)O[C@@H]1[C@@H](O)CO. The zero-order valence-electron chi connectivity index (χ0n) is 10.8. The van der Waals surface area contributed by atoms with Crippen molar-refractivity contribution in [1.82, 2.24) is 0 Å². The lowest BCUT2D eigenvalue weighted by atomic mass is 10.2. The lowest BCUT2D eigenvalue weighted by Crippen LogP contribution is -2.33. The van der Waals surface area contributed by atoms with Crippen molar-refractivity contribution in [3.8, 4) is 0 Å². The third-order valence-corrected chi connectivity index (χ3v) is 2.43. The van der Waals surface area contributed by atoms with E-state index in [2.05, 4.69) is 11.3 Å². The molecule has 0 saturated carbocycles. The lowest BCUT2D eigenvalue weighted by Gasteiger charge is -2.19. The van der Waals surface area contributed by atoms with Crippen LogP contribution < -0.4 is 0 Å². The molecule has 0 fully saturated rings. The Labute approximate surface area is 115 Å². The molecule has 0 saturated heterocycles. The first-order valence-electron chi connectivity index (χ1n) is 5.93. The van der Waals surface area contributed by atoms with Crippen LogP contribution in [0.1, 0.15) is 0 Å². The number of carbonyl (C=O) groups excluding carboxylic acids is 1. The van der Waals surface area contributed by atoms with E-state index in [-0.39, 0.29) is 25.6 Å². The first-order valence-corrected chi connectivity index (χ1v) is 5.93. The Kier molecular flexibility index (Phi) is 6.46. The molecule has 0 amide bonds. The van der Waals surface area contributed by atoms with Gasteiger partial charge in [0.2, 0.25) is 5.76 Å². The van der Waals surface area contributed by atoms with E-state index in [1.165, 1.54) is 6.08 Å². The van der Waals surface area contributed by atoms with E-state index in [0.29, 0.717) is 0 Å². The average Bonchev–Trinajstić information content (AvgIpc) is 2.72. The second-order valence-electron chi connectivity index (χ2n) is 4.08. The zero-order valence-corrected chi connectivity index (χ0v) is 10.8. The largest absolute Gasteiger partial charge is 0.499 e. The molecular formula is C12H18O8. The van der Waals surface area contributed by atoms with Gasteiger partial charge in [0, 0.05) is 0 Å². The molecule has 0 aromatic heterocycles. The van der Waals surface area contributed by atoms with Gasteiger partial charge in [0.15, 0.2) is 11.9 Å². The number of hydrogen-bond donors (Lipinski definition) is 4. The fourth-order valence-corrected chi connectivity index (χ4v) is 1.48. The molecule has 8 heteroatoms. The summed E-state index contributed by atoms with van der Waals surface area (Å²) in [6.07, 6.45) is -2.21. The number of aliphatic hydroxyl groups excluding tert-OH is 4. The normalized spacial score (nSPS) is 21.6. The molecule has 0 aliphatic carbocycles. The standard InChI is InChI=1S/C12H18O8/c1-2-3-18-5-7(14)6-19-11-9(16)12(17)20-10(11)8(15)4-13/h2,7-8,10,13-16H,1,3-6H2/t7?,8-,10+/m0/s1. The Morgan fingerprint density at radius 2 is 2.10 bits per heavy atom. The van der Waals surface area contributed by atoms with Crippen LogP contribution in [0.25, 0.3) is 0 Å². The highest BCUT2D eigenvalue weighted by molar-refractivity contribution is 5.89. The van der Waals surface area contributed by atoms with Crippen molar-refractivity contribution in [2.45, 2.75) is 18.3 Å². The Hall–Kier alpha value is -1.61. The smallest absolute Gasteiger partial charge is 0.378 e. The predicted octanol–water partition coefficient (Wildman–Crippen LogP) is -1.39. The van der Waals surface area contributed by atoms with Crippen LogP contribution >= 0.6 is 0 Å². The van der Waals surface area contributed by atoms with E-state index in [1.807, 2.05) is 0 Å². The van der Waals surface area contributed by atoms with Crippen molar-refractivity contribution in [3.05, 3.63) is 24.2 Å². The van der Waals surface area contributed by atoms with Gasteiger partial charge >= 0.3 is 5.97 Å². The first-order chi connectivity index (χ1) is 9.51. The Morgan fingerprint density at radius 1 is 1.40 bits per heavy atom. The molecule has 0 bridgehead atoms. The van der Waals surface area contributed by atoms with E-state index in [0.717, 1.165) is 0 Å². The van der Waals surface area contributed by atoms with Crippen LogP contribution in [0.15, 0.2) is 24.2 Å². The summed E-state index contributed by atoms with van der Waals surface area (Å²) in [6, 6.07) is 0. The number of esters is 1. The monoisotopic (exact) mass is 290 g/mol. The Morgan fingerprint density at radius 3 is 2.70 bits per heavy atom. The summed E-state index contributed by atoms with van der Waals surface area (Å²) >= 11 is 0. The van der Waals surface area contributed by atoms with Gasteiger partial charge in [-0.3, -0.25) is 0 Å². The zero-order chi connectivity index (χ0) is 15.1. The molecule has 0 radical (unpaired) electrons. The minimum Gasteiger partial charge on any atom is -0.499 e. The molecule has 114 valence electrons. The highest BCUT2D eigenvalue weighted by Crippen LogP contribution is 2.24.